The molecule has 0 saturated carbocycles. The molecule has 0 bridgehead atoms. The van der Waals surface area contributed by atoms with E-state index in [4.69, 9.17) is 5.73 Å². The van der Waals surface area contributed by atoms with Crippen LogP contribution < -0.4 is 11.1 Å². The number of benzene rings is 1. The lowest BCUT2D eigenvalue weighted by molar-refractivity contribution is -0.142. The lowest BCUT2D eigenvalue weighted by atomic mass is 10.1. The van der Waals surface area contributed by atoms with Gasteiger partial charge in [-0.3, -0.25) is 4.79 Å². The molecule has 6 heteroatoms. The van der Waals surface area contributed by atoms with Crippen LogP contribution in [0.1, 0.15) is 5.56 Å². The molecule has 100 valence electrons. The van der Waals surface area contributed by atoms with E-state index in [-0.39, 0.29) is 6.54 Å². The van der Waals surface area contributed by atoms with Crippen LogP contribution in [-0.2, 0) is 16.0 Å². The smallest absolute Gasteiger partial charge is 0.323 e. The van der Waals surface area contributed by atoms with E-state index in [1.165, 1.54) is 19.2 Å². The summed E-state index contributed by atoms with van der Waals surface area (Å²) < 4.78 is 30.2. The van der Waals surface area contributed by atoms with Crippen LogP contribution in [0.4, 0.5) is 8.78 Å². The fraction of sp³-hybridized carbons (Fsp3) is 0.417. The van der Waals surface area contributed by atoms with E-state index < -0.39 is 23.6 Å². The number of carbonyl (C=O) groups is 1. The molecule has 0 amide bonds. The summed E-state index contributed by atoms with van der Waals surface area (Å²) in [5.41, 5.74) is 6.05. The van der Waals surface area contributed by atoms with Gasteiger partial charge in [-0.1, -0.05) is 0 Å². The maximum atomic E-state index is 12.9. The zero-order valence-corrected chi connectivity index (χ0v) is 10.1. The van der Waals surface area contributed by atoms with E-state index in [0.29, 0.717) is 18.5 Å². The molecule has 0 radical (unpaired) electrons. The molecule has 0 aliphatic heterocycles. The highest BCUT2D eigenvalue weighted by molar-refractivity contribution is 5.75. The molecule has 0 fully saturated rings. The molecule has 18 heavy (non-hydrogen) atoms. The minimum absolute atomic E-state index is 0.254. The minimum atomic E-state index is -0.737. The number of rotatable bonds is 6. The molecule has 0 heterocycles. The van der Waals surface area contributed by atoms with Crippen LogP contribution in [0.2, 0.25) is 0 Å². The Hall–Kier alpha value is -1.53. The number of halogens is 2. The van der Waals surface area contributed by atoms with E-state index in [1.54, 1.807) is 0 Å². The number of nitrogens with two attached hydrogens (primary N) is 1. The van der Waals surface area contributed by atoms with Gasteiger partial charge < -0.3 is 15.8 Å². The molecule has 0 saturated heterocycles. The number of methoxy groups -OCH3 is 1. The number of esters is 1. The molecular weight excluding hydrogens is 242 g/mol. The topological polar surface area (TPSA) is 64.3 Å². The molecule has 0 aromatic heterocycles. The van der Waals surface area contributed by atoms with E-state index in [0.717, 1.165) is 6.07 Å². The van der Waals surface area contributed by atoms with E-state index in [9.17, 15) is 13.6 Å². The van der Waals surface area contributed by atoms with E-state index in [2.05, 4.69) is 10.1 Å². The van der Waals surface area contributed by atoms with Crippen LogP contribution in [0.3, 0.4) is 0 Å². The molecule has 0 spiro atoms. The number of hydrogen-bond acceptors (Lipinski definition) is 4. The molecule has 4 nitrogen and oxygen atoms in total. The lowest BCUT2D eigenvalue weighted by Crippen LogP contribution is -2.41. The van der Waals surface area contributed by atoms with Crippen LogP contribution in [-0.4, -0.2) is 32.2 Å². The van der Waals surface area contributed by atoms with Gasteiger partial charge in [-0.05, 0) is 30.7 Å². The third-order valence-electron chi connectivity index (χ3n) is 2.38. The summed E-state index contributed by atoms with van der Waals surface area (Å²) in [5, 5.41) is 2.92. The van der Waals surface area contributed by atoms with Gasteiger partial charge in [0.25, 0.3) is 0 Å². The Morgan fingerprint density at radius 1 is 1.39 bits per heavy atom. The minimum Gasteiger partial charge on any atom is -0.468 e. The van der Waals surface area contributed by atoms with Crippen molar-refractivity contribution in [3.8, 4) is 0 Å². The Bertz CT molecular complexity index is 393. The normalized spacial score (nSPS) is 12.2. The molecule has 1 rings (SSSR count). The van der Waals surface area contributed by atoms with Crippen molar-refractivity contribution in [1.82, 2.24) is 5.32 Å². The highest BCUT2D eigenvalue weighted by Crippen LogP contribution is 2.07. The highest BCUT2D eigenvalue weighted by Gasteiger charge is 2.12. The predicted molar refractivity (Wildman–Crippen MR) is 62.9 cm³/mol. The summed E-state index contributed by atoms with van der Waals surface area (Å²) in [6.45, 7) is 0.720. The highest BCUT2D eigenvalue weighted by atomic mass is 19.1. The van der Waals surface area contributed by atoms with Gasteiger partial charge >= 0.3 is 5.97 Å². The second kappa shape index (κ2) is 7.03. The molecule has 1 unspecified atom stereocenters. The van der Waals surface area contributed by atoms with Crippen molar-refractivity contribution in [3.63, 3.8) is 0 Å². The van der Waals surface area contributed by atoms with Crippen LogP contribution in [0.5, 0.6) is 0 Å². The fourth-order valence-electron chi connectivity index (χ4n) is 1.48. The van der Waals surface area contributed by atoms with Gasteiger partial charge in [-0.25, -0.2) is 8.78 Å². The Morgan fingerprint density at radius 2 is 2.00 bits per heavy atom. The van der Waals surface area contributed by atoms with Gasteiger partial charge in [0.15, 0.2) is 0 Å². The second-order valence-corrected chi connectivity index (χ2v) is 3.86. The Labute approximate surface area is 104 Å². The van der Waals surface area contributed by atoms with E-state index in [1.807, 2.05) is 0 Å². The molecule has 1 atom stereocenters. The third-order valence-corrected chi connectivity index (χ3v) is 2.38. The van der Waals surface area contributed by atoms with Crippen molar-refractivity contribution in [3.05, 3.63) is 35.4 Å². The Morgan fingerprint density at radius 3 is 2.56 bits per heavy atom. The average Bonchev–Trinajstić information content (AvgIpc) is 2.32. The first kappa shape index (κ1) is 14.5. The summed E-state index contributed by atoms with van der Waals surface area (Å²) in [4.78, 5) is 11.0. The zero-order chi connectivity index (χ0) is 13.5. The second-order valence-electron chi connectivity index (χ2n) is 3.86. The first-order chi connectivity index (χ1) is 8.52. The summed E-state index contributed by atoms with van der Waals surface area (Å²) >= 11 is 0. The maximum absolute atomic E-state index is 12.9. The fourth-order valence-corrected chi connectivity index (χ4v) is 1.48. The van der Waals surface area contributed by atoms with Crippen LogP contribution in [0, 0.1) is 11.6 Å². The maximum Gasteiger partial charge on any atom is 0.323 e. The molecule has 0 aliphatic rings. The van der Waals surface area contributed by atoms with Crippen molar-refractivity contribution >= 4 is 5.97 Å². The Kier molecular flexibility index (Phi) is 5.67. The summed E-state index contributed by atoms with van der Waals surface area (Å²) in [5.74, 6) is -1.70. The average molecular weight is 258 g/mol. The first-order valence-electron chi connectivity index (χ1n) is 5.52. The number of nitrogens with one attached hydrogen (secondary N) is 1. The van der Waals surface area contributed by atoms with Crippen molar-refractivity contribution in [2.24, 2.45) is 5.73 Å². The van der Waals surface area contributed by atoms with Gasteiger partial charge in [0.05, 0.1) is 7.11 Å². The van der Waals surface area contributed by atoms with Crippen LogP contribution in [0.25, 0.3) is 0 Å². The predicted octanol–water partition coefficient (Wildman–Crippen LogP) is 0.597. The van der Waals surface area contributed by atoms with Gasteiger partial charge in [0.2, 0.25) is 0 Å². The standard InChI is InChI=1S/C12H16F2N2O2/c1-18-12(17)11(15)7-16-3-2-8-4-9(13)6-10(14)5-8/h4-6,11,16H,2-3,7,15H2,1H3. The van der Waals surface area contributed by atoms with Crippen molar-refractivity contribution < 1.29 is 18.3 Å². The van der Waals surface area contributed by atoms with Crippen LogP contribution >= 0.6 is 0 Å². The number of hydrogen-bond donors (Lipinski definition) is 2. The van der Waals surface area contributed by atoms with Gasteiger partial charge in [-0.15, -0.1) is 0 Å². The SMILES string of the molecule is COC(=O)C(N)CNCCc1cc(F)cc(F)c1. The molecule has 0 aliphatic carbocycles. The molecule has 1 aromatic carbocycles. The van der Waals surface area contributed by atoms with Crippen LogP contribution in [0.15, 0.2) is 18.2 Å². The first-order valence-corrected chi connectivity index (χ1v) is 5.52. The van der Waals surface area contributed by atoms with Crippen molar-refractivity contribution in [2.45, 2.75) is 12.5 Å². The third kappa shape index (κ3) is 4.77. The molecule has 1 aromatic rings. The Balaban J connectivity index is 2.31. The number of ether oxygens (including phenoxy) is 1. The monoisotopic (exact) mass is 258 g/mol. The summed E-state index contributed by atoms with van der Waals surface area (Å²) in [7, 11) is 1.26. The summed E-state index contributed by atoms with van der Waals surface area (Å²) in [6.07, 6.45) is 0.447. The quantitative estimate of drug-likeness (QED) is 0.579. The molecule has 3 N–H and O–H groups in total. The van der Waals surface area contributed by atoms with E-state index >= 15 is 0 Å². The zero-order valence-electron chi connectivity index (χ0n) is 10.1. The van der Waals surface area contributed by atoms with Crippen molar-refractivity contribution in [1.29, 1.82) is 0 Å². The summed E-state index contributed by atoms with van der Waals surface area (Å²) in [6, 6.07) is 2.62. The largest absolute Gasteiger partial charge is 0.468 e. The lowest BCUT2D eigenvalue weighted by Gasteiger charge is -2.10. The van der Waals surface area contributed by atoms with Gasteiger partial charge in [0.1, 0.15) is 17.7 Å². The number of carbonyl (C=O) groups excluding carboxylic acids is 1. The molecular formula is C12H16F2N2O2. The van der Waals surface area contributed by atoms with Crippen molar-refractivity contribution in [2.75, 3.05) is 20.2 Å². The van der Waals surface area contributed by atoms with Gasteiger partial charge in [-0.2, -0.15) is 0 Å². The van der Waals surface area contributed by atoms with Gasteiger partial charge in [0, 0.05) is 12.6 Å².